The Morgan fingerprint density at radius 3 is 2.77 bits per heavy atom. The van der Waals surface area contributed by atoms with Crippen LogP contribution in [0.2, 0.25) is 0 Å². The van der Waals surface area contributed by atoms with E-state index in [9.17, 15) is 8.78 Å². The quantitative estimate of drug-likeness (QED) is 0.771. The number of aromatic nitrogens is 2. The second kappa shape index (κ2) is 5.56. The molecular weight excluding hydrogens is 266 g/mol. The van der Waals surface area contributed by atoms with E-state index in [0.29, 0.717) is 10.3 Å². The van der Waals surface area contributed by atoms with Crippen LogP contribution >= 0.6 is 27.3 Å². The van der Waals surface area contributed by atoms with E-state index in [-0.39, 0.29) is 6.61 Å². The zero-order chi connectivity index (χ0) is 9.68. The van der Waals surface area contributed by atoms with Crippen molar-refractivity contribution in [3.63, 3.8) is 0 Å². The van der Waals surface area contributed by atoms with E-state index in [1.165, 1.54) is 11.3 Å². The van der Waals surface area contributed by atoms with E-state index in [0.717, 1.165) is 5.01 Å². The third-order valence-corrected chi connectivity index (χ3v) is 2.56. The van der Waals surface area contributed by atoms with Crippen LogP contribution in [0.4, 0.5) is 8.78 Å². The lowest BCUT2D eigenvalue weighted by molar-refractivity contribution is 0.0186. The van der Waals surface area contributed by atoms with Gasteiger partial charge in [0.25, 0.3) is 6.43 Å². The minimum absolute atomic E-state index is 0.256. The van der Waals surface area contributed by atoms with Gasteiger partial charge in [-0.1, -0.05) is 11.3 Å². The first-order valence-corrected chi connectivity index (χ1v) is 5.13. The third-order valence-electron chi connectivity index (χ3n) is 1.15. The molecule has 0 spiro atoms. The van der Waals surface area contributed by atoms with Gasteiger partial charge in [-0.25, -0.2) is 8.78 Å². The normalized spacial score (nSPS) is 11.1. The maximum atomic E-state index is 11.6. The van der Waals surface area contributed by atoms with Gasteiger partial charge in [0.15, 0.2) is 3.92 Å². The molecule has 0 aliphatic carbocycles. The number of hydrogen-bond donors (Lipinski definition) is 0. The average molecular weight is 273 g/mol. The number of hydrogen-bond acceptors (Lipinski definition) is 4. The predicted octanol–water partition coefficient (Wildman–Crippen LogP) is 2.12. The lowest BCUT2D eigenvalue weighted by atomic mass is 10.5. The highest BCUT2D eigenvalue weighted by atomic mass is 79.9. The van der Waals surface area contributed by atoms with E-state index in [1.54, 1.807) is 0 Å². The van der Waals surface area contributed by atoms with Gasteiger partial charge in [0.05, 0.1) is 6.61 Å². The van der Waals surface area contributed by atoms with Crippen molar-refractivity contribution in [2.75, 3.05) is 13.2 Å². The van der Waals surface area contributed by atoms with Gasteiger partial charge < -0.3 is 4.74 Å². The molecule has 1 aromatic rings. The Bertz CT molecular complexity index is 259. The molecule has 0 saturated heterocycles. The second-order valence-electron chi connectivity index (χ2n) is 2.16. The largest absolute Gasteiger partial charge is 0.375 e. The molecule has 74 valence electrons. The fourth-order valence-corrected chi connectivity index (χ4v) is 1.85. The molecule has 13 heavy (non-hydrogen) atoms. The van der Waals surface area contributed by atoms with Gasteiger partial charge in [-0.15, -0.1) is 10.2 Å². The van der Waals surface area contributed by atoms with Crippen LogP contribution in [-0.2, 0) is 11.2 Å². The van der Waals surface area contributed by atoms with Crippen molar-refractivity contribution < 1.29 is 13.5 Å². The summed E-state index contributed by atoms with van der Waals surface area (Å²) in [5, 5.41) is 8.28. The first-order valence-electron chi connectivity index (χ1n) is 3.52. The van der Waals surface area contributed by atoms with E-state index in [1.807, 2.05) is 0 Å². The molecule has 0 bridgehead atoms. The Morgan fingerprint density at radius 2 is 2.23 bits per heavy atom. The molecule has 1 aromatic heterocycles. The van der Waals surface area contributed by atoms with Gasteiger partial charge in [-0.3, -0.25) is 0 Å². The number of ether oxygens (including phenoxy) is 1. The first kappa shape index (κ1) is 10.9. The smallest absolute Gasteiger partial charge is 0.261 e. The lowest BCUT2D eigenvalue weighted by Crippen LogP contribution is -2.06. The Morgan fingerprint density at radius 1 is 1.46 bits per heavy atom. The Hall–Kier alpha value is -0.140. The SMILES string of the molecule is FC(F)COCCc1nnc(Br)s1. The van der Waals surface area contributed by atoms with Crippen LogP contribution in [0.5, 0.6) is 0 Å². The van der Waals surface area contributed by atoms with Crippen molar-refractivity contribution in [2.45, 2.75) is 12.8 Å². The highest BCUT2D eigenvalue weighted by Gasteiger charge is 2.04. The average Bonchev–Trinajstić information content (AvgIpc) is 2.45. The van der Waals surface area contributed by atoms with Crippen LogP contribution in [0, 0.1) is 0 Å². The summed E-state index contributed by atoms with van der Waals surface area (Å²) in [4.78, 5) is 0. The molecule has 0 N–H and O–H groups in total. The fraction of sp³-hybridized carbons (Fsp3) is 0.667. The van der Waals surface area contributed by atoms with Gasteiger partial charge in [0.1, 0.15) is 11.6 Å². The van der Waals surface area contributed by atoms with Gasteiger partial charge in [0, 0.05) is 6.42 Å². The molecule has 0 aromatic carbocycles. The number of alkyl halides is 2. The van der Waals surface area contributed by atoms with Crippen molar-refractivity contribution in [3.05, 3.63) is 8.92 Å². The topological polar surface area (TPSA) is 35.0 Å². The molecule has 0 fully saturated rings. The summed E-state index contributed by atoms with van der Waals surface area (Å²) in [7, 11) is 0. The Balaban J connectivity index is 2.13. The number of nitrogens with zero attached hydrogens (tertiary/aromatic N) is 2. The highest BCUT2D eigenvalue weighted by Crippen LogP contribution is 2.15. The number of halogens is 3. The second-order valence-corrected chi connectivity index (χ2v) is 4.50. The first-order chi connectivity index (χ1) is 6.18. The fourth-order valence-electron chi connectivity index (χ4n) is 0.666. The molecule has 7 heteroatoms. The molecule has 0 aliphatic rings. The summed E-state index contributed by atoms with van der Waals surface area (Å²) >= 11 is 4.52. The van der Waals surface area contributed by atoms with Crippen LogP contribution < -0.4 is 0 Å². The summed E-state index contributed by atoms with van der Waals surface area (Å²) in [6.07, 6.45) is -1.88. The zero-order valence-electron chi connectivity index (χ0n) is 6.54. The van der Waals surface area contributed by atoms with Crippen molar-refractivity contribution in [3.8, 4) is 0 Å². The van der Waals surface area contributed by atoms with Gasteiger partial charge in [0.2, 0.25) is 0 Å². The molecule has 0 saturated carbocycles. The summed E-state index contributed by atoms with van der Waals surface area (Å²) in [6, 6.07) is 0. The summed E-state index contributed by atoms with van der Waals surface area (Å²) in [6.45, 7) is -0.258. The molecular formula is C6H7BrF2N2OS. The molecule has 0 amide bonds. The minimum Gasteiger partial charge on any atom is -0.375 e. The van der Waals surface area contributed by atoms with Crippen molar-refractivity contribution in [1.29, 1.82) is 0 Å². The van der Waals surface area contributed by atoms with Crippen molar-refractivity contribution in [2.24, 2.45) is 0 Å². The lowest BCUT2D eigenvalue weighted by Gasteiger charge is -1.99. The highest BCUT2D eigenvalue weighted by molar-refractivity contribution is 9.11. The van der Waals surface area contributed by atoms with Gasteiger partial charge >= 0.3 is 0 Å². The van der Waals surface area contributed by atoms with Crippen LogP contribution in [0.15, 0.2) is 3.92 Å². The van der Waals surface area contributed by atoms with E-state index in [2.05, 4.69) is 30.9 Å². The predicted molar refractivity (Wildman–Crippen MR) is 48.1 cm³/mol. The maximum absolute atomic E-state index is 11.6. The van der Waals surface area contributed by atoms with Crippen molar-refractivity contribution >= 4 is 27.3 Å². The van der Waals surface area contributed by atoms with Gasteiger partial charge in [-0.2, -0.15) is 0 Å². The van der Waals surface area contributed by atoms with E-state index in [4.69, 9.17) is 0 Å². The summed E-state index contributed by atoms with van der Waals surface area (Å²) in [5.74, 6) is 0. The zero-order valence-corrected chi connectivity index (χ0v) is 8.95. The molecule has 3 nitrogen and oxygen atoms in total. The minimum atomic E-state index is -2.40. The monoisotopic (exact) mass is 272 g/mol. The Kier molecular flexibility index (Phi) is 4.68. The number of rotatable bonds is 5. The molecule has 0 unspecified atom stereocenters. The standard InChI is InChI=1S/C6H7BrF2N2OS/c7-6-11-10-5(13-6)1-2-12-3-4(8)9/h4H,1-3H2. The van der Waals surface area contributed by atoms with E-state index >= 15 is 0 Å². The molecule has 1 heterocycles. The van der Waals surface area contributed by atoms with Crippen LogP contribution in [0.25, 0.3) is 0 Å². The summed E-state index contributed by atoms with van der Waals surface area (Å²) in [5.41, 5.74) is 0. The van der Waals surface area contributed by atoms with Crippen LogP contribution in [0.3, 0.4) is 0 Å². The molecule has 0 atom stereocenters. The van der Waals surface area contributed by atoms with Gasteiger partial charge in [-0.05, 0) is 15.9 Å². The third kappa shape index (κ3) is 4.58. The van der Waals surface area contributed by atoms with Crippen molar-refractivity contribution in [1.82, 2.24) is 10.2 Å². The van der Waals surface area contributed by atoms with E-state index < -0.39 is 13.0 Å². The van der Waals surface area contributed by atoms with Crippen LogP contribution in [0.1, 0.15) is 5.01 Å². The molecule has 1 rings (SSSR count). The maximum Gasteiger partial charge on any atom is 0.261 e. The molecule has 0 aliphatic heterocycles. The Labute approximate surface area is 86.3 Å². The summed E-state index contributed by atoms with van der Waals surface area (Å²) < 4.78 is 28.6. The molecule has 0 radical (unpaired) electrons. The van der Waals surface area contributed by atoms with Crippen LogP contribution in [-0.4, -0.2) is 29.8 Å².